The lowest BCUT2D eigenvalue weighted by Crippen LogP contribution is -2.16. The van der Waals surface area contributed by atoms with E-state index in [4.69, 9.17) is 0 Å². The van der Waals surface area contributed by atoms with E-state index in [1.165, 1.54) is 32.1 Å². The van der Waals surface area contributed by atoms with Gasteiger partial charge in [-0.3, -0.25) is 0 Å². The van der Waals surface area contributed by atoms with Crippen LogP contribution < -0.4 is 0 Å². The van der Waals surface area contributed by atoms with E-state index in [0.717, 1.165) is 5.71 Å². The number of nitrogens with zero attached hydrogens (tertiary/aromatic N) is 1. The smallest absolute Gasteiger partial charge is 0.318 e. The van der Waals surface area contributed by atoms with Gasteiger partial charge in [-0.05, 0) is 12.8 Å². The Kier molecular flexibility index (Phi) is 2.11. The molecular weight excluding hydrogens is 154 g/mol. The number of oxime groups is 1. The van der Waals surface area contributed by atoms with E-state index in [0.29, 0.717) is 12.3 Å². The largest absolute Gasteiger partial charge is 0.340 e. The molecule has 12 heavy (non-hydrogen) atoms. The number of hydrogen-bond donors (Lipinski definition) is 0. The molecule has 0 spiro atoms. The van der Waals surface area contributed by atoms with Gasteiger partial charge in [0.15, 0.2) is 0 Å². The van der Waals surface area contributed by atoms with E-state index in [9.17, 15) is 4.79 Å². The number of rotatable bonds is 1. The van der Waals surface area contributed by atoms with Crippen molar-refractivity contribution in [3.63, 3.8) is 0 Å². The third kappa shape index (κ3) is 1.49. The van der Waals surface area contributed by atoms with Gasteiger partial charge in [0.05, 0.1) is 12.1 Å². The minimum absolute atomic E-state index is 0.185. The van der Waals surface area contributed by atoms with Crippen molar-refractivity contribution in [3.8, 4) is 0 Å². The molecule has 0 radical (unpaired) electrons. The molecule has 0 N–H and O–H groups in total. The SMILES string of the molecule is O=C1CC(C2CCCCC2)=NO1. The highest BCUT2D eigenvalue weighted by molar-refractivity contribution is 6.03. The molecular formula is C9H13NO2. The topological polar surface area (TPSA) is 38.7 Å². The van der Waals surface area contributed by atoms with Crippen LogP contribution in [0.25, 0.3) is 0 Å². The molecule has 1 fully saturated rings. The molecule has 0 bridgehead atoms. The van der Waals surface area contributed by atoms with Crippen LogP contribution in [-0.4, -0.2) is 11.7 Å². The molecule has 0 aromatic rings. The molecule has 0 amide bonds. The Hall–Kier alpha value is -0.860. The Bertz CT molecular complexity index is 217. The van der Waals surface area contributed by atoms with Crippen LogP contribution in [0.2, 0.25) is 0 Å². The van der Waals surface area contributed by atoms with Gasteiger partial charge in [-0.15, -0.1) is 0 Å². The van der Waals surface area contributed by atoms with Gasteiger partial charge >= 0.3 is 5.97 Å². The predicted octanol–water partition coefficient (Wildman–Crippen LogP) is 1.87. The quantitative estimate of drug-likeness (QED) is 0.559. The maximum atomic E-state index is 10.8. The van der Waals surface area contributed by atoms with Crippen molar-refractivity contribution in [1.29, 1.82) is 0 Å². The van der Waals surface area contributed by atoms with E-state index in [2.05, 4.69) is 9.99 Å². The molecule has 1 aliphatic heterocycles. The van der Waals surface area contributed by atoms with Gasteiger partial charge in [0, 0.05) is 5.92 Å². The first-order chi connectivity index (χ1) is 5.86. The van der Waals surface area contributed by atoms with Gasteiger partial charge in [-0.25, -0.2) is 4.79 Å². The average molecular weight is 167 g/mol. The Morgan fingerprint density at radius 1 is 1.25 bits per heavy atom. The van der Waals surface area contributed by atoms with Crippen molar-refractivity contribution >= 4 is 11.7 Å². The predicted molar refractivity (Wildman–Crippen MR) is 44.7 cm³/mol. The number of carbonyl (C=O) groups excluding carboxylic acids is 1. The fourth-order valence-corrected chi connectivity index (χ4v) is 1.98. The highest BCUT2D eigenvalue weighted by Gasteiger charge is 2.26. The Balaban J connectivity index is 1.95. The van der Waals surface area contributed by atoms with Gasteiger partial charge in [0.2, 0.25) is 0 Å². The standard InChI is InChI=1S/C9H13NO2/c11-9-6-8(10-12-9)7-4-2-1-3-5-7/h7H,1-6H2. The summed E-state index contributed by atoms with van der Waals surface area (Å²) < 4.78 is 0. The minimum Gasteiger partial charge on any atom is -0.318 e. The van der Waals surface area contributed by atoms with Gasteiger partial charge in [0.1, 0.15) is 0 Å². The molecule has 0 unspecified atom stereocenters. The molecule has 2 aliphatic rings. The molecule has 1 heterocycles. The zero-order valence-corrected chi connectivity index (χ0v) is 7.08. The minimum atomic E-state index is -0.185. The first-order valence-corrected chi connectivity index (χ1v) is 4.63. The van der Waals surface area contributed by atoms with Crippen molar-refractivity contribution in [1.82, 2.24) is 0 Å². The summed E-state index contributed by atoms with van der Waals surface area (Å²) in [6.45, 7) is 0. The summed E-state index contributed by atoms with van der Waals surface area (Å²) in [5.74, 6) is 0.348. The third-order valence-electron chi connectivity index (χ3n) is 2.67. The molecule has 0 aromatic heterocycles. The molecule has 1 aliphatic carbocycles. The summed E-state index contributed by atoms with van der Waals surface area (Å²) in [6, 6.07) is 0. The maximum Gasteiger partial charge on any atom is 0.340 e. The summed E-state index contributed by atoms with van der Waals surface area (Å²) in [5.41, 5.74) is 0.986. The average Bonchev–Trinajstić information content (AvgIpc) is 2.54. The highest BCUT2D eigenvalue weighted by Crippen LogP contribution is 2.27. The first-order valence-electron chi connectivity index (χ1n) is 4.63. The van der Waals surface area contributed by atoms with Crippen LogP contribution in [0, 0.1) is 5.92 Å². The van der Waals surface area contributed by atoms with Crippen LogP contribution in [0.5, 0.6) is 0 Å². The second-order valence-electron chi connectivity index (χ2n) is 3.56. The van der Waals surface area contributed by atoms with Gasteiger partial charge in [0.25, 0.3) is 0 Å². The fourth-order valence-electron chi connectivity index (χ4n) is 1.98. The summed E-state index contributed by atoms with van der Waals surface area (Å²) in [7, 11) is 0. The van der Waals surface area contributed by atoms with E-state index < -0.39 is 0 Å². The third-order valence-corrected chi connectivity index (χ3v) is 2.67. The number of carbonyl (C=O) groups is 1. The molecule has 3 nitrogen and oxygen atoms in total. The second kappa shape index (κ2) is 3.25. The lowest BCUT2D eigenvalue weighted by molar-refractivity contribution is -0.140. The zero-order chi connectivity index (χ0) is 8.39. The van der Waals surface area contributed by atoms with Crippen LogP contribution in [0.3, 0.4) is 0 Å². The van der Waals surface area contributed by atoms with Crippen LogP contribution >= 0.6 is 0 Å². The molecule has 0 aromatic carbocycles. The van der Waals surface area contributed by atoms with Crippen LogP contribution in [-0.2, 0) is 9.63 Å². The Morgan fingerprint density at radius 3 is 2.58 bits per heavy atom. The van der Waals surface area contributed by atoms with Gasteiger partial charge < -0.3 is 4.84 Å². The molecule has 1 saturated carbocycles. The maximum absolute atomic E-state index is 10.8. The Labute approximate surface area is 71.8 Å². The lowest BCUT2D eigenvalue weighted by Gasteiger charge is -2.19. The summed E-state index contributed by atoms with van der Waals surface area (Å²) in [5, 5.41) is 3.81. The molecule has 0 atom stereocenters. The normalized spacial score (nSPS) is 25.3. The van der Waals surface area contributed by atoms with Crippen molar-refractivity contribution in [2.24, 2.45) is 11.1 Å². The second-order valence-corrected chi connectivity index (χ2v) is 3.56. The molecule has 66 valence electrons. The molecule has 2 rings (SSSR count). The fraction of sp³-hybridized carbons (Fsp3) is 0.778. The van der Waals surface area contributed by atoms with Crippen molar-refractivity contribution in [3.05, 3.63) is 0 Å². The van der Waals surface area contributed by atoms with Crippen molar-refractivity contribution in [2.45, 2.75) is 38.5 Å². The number of hydrogen-bond acceptors (Lipinski definition) is 3. The summed E-state index contributed by atoms with van der Waals surface area (Å²) in [6.07, 6.45) is 6.70. The van der Waals surface area contributed by atoms with E-state index in [-0.39, 0.29) is 5.97 Å². The van der Waals surface area contributed by atoms with E-state index >= 15 is 0 Å². The van der Waals surface area contributed by atoms with E-state index in [1.807, 2.05) is 0 Å². The van der Waals surface area contributed by atoms with Crippen molar-refractivity contribution < 1.29 is 9.63 Å². The Morgan fingerprint density at radius 2 is 2.00 bits per heavy atom. The van der Waals surface area contributed by atoms with Crippen LogP contribution in [0.1, 0.15) is 38.5 Å². The van der Waals surface area contributed by atoms with Crippen LogP contribution in [0.4, 0.5) is 0 Å². The first kappa shape index (κ1) is 7.77. The zero-order valence-electron chi connectivity index (χ0n) is 7.08. The highest BCUT2D eigenvalue weighted by atomic mass is 16.7. The van der Waals surface area contributed by atoms with E-state index in [1.54, 1.807) is 0 Å². The monoisotopic (exact) mass is 167 g/mol. The molecule has 3 heteroatoms. The van der Waals surface area contributed by atoms with Gasteiger partial charge in [-0.2, -0.15) is 0 Å². The lowest BCUT2D eigenvalue weighted by atomic mass is 9.85. The van der Waals surface area contributed by atoms with Crippen molar-refractivity contribution in [2.75, 3.05) is 0 Å². The molecule has 0 saturated heterocycles. The summed E-state index contributed by atoms with van der Waals surface area (Å²) in [4.78, 5) is 15.3. The van der Waals surface area contributed by atoms with Gasteiger partial charge in [-0.1, -0.05) is 24.4 Å². The summed E-state index contributed by atoms with van der Waals surface area (Å²) >= 11 is 0. The van der Waals surface area contributed by atoms with Crippen LogP contribution in [0.15, 0.2) is 5.16 Å².